The number of carbonyl (C=O) groups is 1. The van der Waals surface area contributed by atoms with Crippen LogP contribution in [0.25, 0.3) is 22.2 Å². The van der Waals surface area contributed by atoms with Crippen molar-refractivity contribution in [3.63, 3.8) is 0 Å². The van der Waals surface area contributed by atoms with Gasteiger partial charge in [0.25, 0.3) is 6.01 Å². The summed E-state index contributed by atoms with van der Waals surface area (Å²) in [6.07, 6.45) is 7.78. The van der Waals surface area contributed by atoms with Crippen LogP contribution in [0.15, 0.2) is 42.7 Å². The van der Waals surface area contributed by atoms with E-state index in [2.05, 4.69) is 28.5 Å². The predicted molar refractivity (Wildman–Crippen MR) is 120 cm³/mol. The Morgan fingerprint density at radius 2 is 1.97 bits per heavy atom. The maximum atomic E-state index is 11.1. The average Bonchev–Trinajstić information content (AvgIpc) is 3.08. The molecule has 1 aliphatic rings. The van der Waals surface area contributed by atoms with Crippen LogP contribution in [-0.2, 0) is 16.6 Å². The Bertz CT molecular complexity index is 1030. The number of nitrogens with one attached hydrogen (secondary N) is 1. The van der Waals surface area contributed by atoms with Crippen molar-refractivity contribution in [2.45, 2.75) is 57.8 Å². The number of imidazole rings is 1. The van der Waals surface area contributed by atoms with Gasteiger partial charge in [0.05, 0.1) is 23.7 Å². The first-order valence-corrected chi connectivity index (χ1v) is 10.9. The van der Waals surface area contributed by atoms with Crippen LogP contribution in [0.4, 0.5) is 0 Å². The number of aryl methyl sites for hydroxylation is 1. The number of aromatic nitrogens is 3. The van der Waals surface area contributed by atoms with Crippen LogP contribution in [0, 0.1) is 0 Å². The van der Waals surface area contributed by atoms with E-state index in [1.165, 1.54) is 6.92 Å². The van der Waals surface area contributed by atoms with E-state index in [0.717, 1.165) is 47.8 Å². The van der Waals surface area contributed by atoms with Crippen molar-refractivity contribution in [2.75, 3.05) is 6.61 Å². The molecule has 0 radical (unpaired) electrons. The molecule has 1 atom stereocenters. The van der Waals surface area contributed by atoms with E-state index in [1.807, 2.05) is 36.9 Å². The molecule has 2 heterocycles. The van der Waals surface area contributed by atoms with Crippen molar-refractivity contribution in [3.8, 4) is 17.1 Å². The zero-order chi connectivity index (χ0) is 21.8. The van der Waals surface area contributed by atoms with E-state index in [-0.39, 0.29) is 24.2 Å². The summed E-state index contributed by atoms with van der Waals surface area (Å²) in [7, 11) is 2.00. The Labute approximate surface area is 182 Å². The van der Waals surface area contributed by atoms with Gasteiger partial charge in [-0.05, 0) is 56.4 Å². The van der Waals surface area contributed by atoms with Gasteiger partial charge in [-0.15, -0.1) is 0 Å². The molecule has 1 aromatic carbocycles. The summed E-state index contributed by atoms with van der Waals surface area (Å²) in [5, 5.41) is 2.85. The van der Waals surface area contributed by atoms with E-state index >= 15 is 0 Å². The van der Waals surface area contributed by atoms with E-state index in [9.17, 15) is 4.79 Å². The number of pyridine rings is 1. The topological polar surface area (TPSA) is 78.3 Å². The molecule has 1 aliphatic carbocycles. The summed E-state index contributed by atoms with van der Waals surface area (Å²) < 4.78 is 14.3. The minimum atomic E-state index is -0.0248. The third-order valence-corrected chi connectivity index (χ3v) is 5.76. The van der Waals surface area contributed by atoms with Gasteiger partial charge in [0.2, 0.25) is 5.91 Å². The Kier molecular flexibility index (Phi) is 6.51. The zero-order valence-corrected chi connectivity index (χ0v) is 18.4. The molecule has 0 bridgehead atoms. The van der Waals surface area contributed by atoms with Crippen LogP contribution in [0.2, 0.25) is 0 Å². The van der Waals surface area contributed by atoms with Crippen molar-refractivity contribution in [1.29, 1.82) is 0 Å². The van der Waals surface area contributed by atoms with Crippen LogP contribution < -0.4 is 10.1 Å². The lowest BCUT2D eigenvalue weighted by atomic mass is 9.95. The molecule has 31 heavy (non-hydrogen) atoms. The molecular weight excluding hydrogens is 392 g/mol. The summed E-state index contributed by atoms with van der Waals surface area (Å²) in [6, 6.07) is 10.9. The van der Waals surface area contributed by atoms with Gasteiger partial charge < -0.3 is 14.8 Å². The largest absolute Gasteiger partial charge is 0.461 e. The van der Waals surface area contributed by atoms with E-state index < -0.39 is 0 Å². The standard InChI is InChI=1S/C24H30N4O3/c1-16(26-17(2)29)15-30-20-7-9-21(10-8-20)31-24-27-22-11-6-18(13-23(22)28(24)3)19-5-4-12-25-14-19/h4-6,11-14,16,20-21H,7-10,15H2,1-3H3,(H,26,29)/t16-,20?,21?/m0/s1. The second-order valence-corrected chi connectivity index (χ2v) is 8.35. The third kappa shape index (κ3) is 5.22. The molecule has 0 spiro atoms. The monoisotopic (exact) mass is 422 g/mol. The fourth-order valence-electron chi connectivity index (χ4n) is 4.12. The first-order valence-electron chi connectivity index (χ1n) is 10.9. The minimum absolute atomic E-state index is 0.0248. The Balaban J connectivity index is 1.35. The molecule has 7 nitrogen and oxygen atoms in total. The number of fused-ring (bicyclic) bond motifs is 1. The smallest absolute Gasteiger partial charge is 0.297 e. The molecule has 3 aromatic rings. The Morgan fingerprint density at radius 1 is 1.19 bits per heavy atom. The Morgan fingerprint density at radius 3 is 2.68 bits per heavy atom. The maximum Gasteiger partial charge on any atom is 0.297 e. The molecule has 1 saturated carbocycles. The van der Waals surface area contributed by atoms with Crippen molar-refractivity contribution >= 4 is 16.9 Å². The fraction of sp³-hybridized carbons (Fsp3) is 0.458. The lowest BCUT2D eigenvalue weighted by Gasteiger charge is -2.29. The number of amides is 1. The van der Waals surface area contributed by atoms with E-state index in [0.29, 0.717) is 12.6 Å². The van der Waals surface area contributed by atoms with Gasteiger partial charge >= 0.3 is 0 Å². The number of carbonyl (C=O) groups excluding carboxylic acids is 1. The number of ether oxygens (including phenoxy) is 2. The van der Waals surface area contributed by atoms with Crippen LogP contribution in [0.1, 0.15) is 39.5 Å². The summed E-state index contributed by atoms with van der Waals surface area (Å²) in [6.45, 7) is 4.03. The highest BCUT2D eigenvalue weighted by atomic mass is 16.5. The van der Waals surface area contributed by atoms with Gasteiger partial charge in [-0.2, -0.15) is 4.98 Å². The first kappa shape index (κ1) is 21.3. The SMILES string of the molecule is CC(=O)N[C@@H](C)COC1CCC(Oc2nc3ccc(-c4cccnc4)cc3n2C)CC1. The Hall–Kier alpha value is -2.93. The molecular formula is C24H30N4O3. The average molecular weight is 423 g/mol. The van der Waals surface area contributed by atoms with E-state index in [1.54, 1.807) is 6.20 Å². The summed E-state index contributed by atoms with van der Waals surface area (Å²) in [4.78, 5) is 20.0. The van der Waals surface area contributed by atoms with Gasteiger partial charge in [-0.1, -0.05) is 12.1 Å². The molecule has 1 fully saturated rings. The molecule has 1 N–H and O–H groups in total. The van der Waals surface area contributed by atoms with Crippen molar-refractivity contribution < 1.29 is 14.3 Å². The van der Waals surface area contributed by atoms with Gasteiger partial charge in [-0.25, -0.2) is 0 Å². The van der Waals surface area contributed by atoms with Gasteiger partial charge in [0, 0.05) is 38.0 Å². The molecule has 0 saturated heterocycles. The molecule has 0 aliphatic heterocycles. The molecule has 7 heteroatoms. The fourth-order valence-corrected chi connectivity index (χ4v) is 4.12. The van der Waals surface area contributed by atoms with Crippen molar-refractivity contribution in [1.82, 2.24) is 19.9 Å². The lowest BCUT2D eigenvalue weighted by molar-refractivity contribution is -0.120. The van der Waals surface area contributed by atoms with Gasteiger partial charge in [-0.3, -0.25) is 14.3 Å². The maximum absolute atomic E-state index is 11.1. The van der Waals surface area contributed by atoms with Crippen LogP contribution in [0.5, 0.6) is 6.01 Å². The lowest BCUT2D eigenvalue weighted by Crippen LogP contribution is -2.37. The molecule has 164 valence electrons. The number of hydrogen-bond acceptors (Lipinski definition) is 5. The second kappa shape index (κ2) is 9.47. The number of hydrogen-bond donors (Lipinski definition) is 1. The molecule has 4 rings (SSSR count). The molecule has 1 amide bonds. The number of rotatable bonds is 7. The second-order valence-electron chi connectivity index (χ2n) is 8.35. The third-order valence-electron chi connectivity index (χ3n) is 5.76. The summed E-state index contributed by atoms with van der Waals surface area (Å²) >= 11 is 0. The highest BCUT2D eigenvalue weighted by Gasteiger charge is 2.25. The quantitative estimate of drug-likeness (QED) is 0.625. The van der Waals surface area contributed by atoms with Crippen molar-refractivity contribution in [3.05, 3.63) is 42.7 Å². The van der Waals surface area contributed by atoms with Gasteiger partial charge in [0.1, 0.15) is 6.10 Å². The highest BCUT2D eigenvalue weighted by molar-refractivity contribution is 5.83. The summed E-state index contributed by atoms with van der Waals surface area (Å²) in [5.41, 5.74) is 4.16. The normalized spacial score (nSPS) is 19.8. The van der Waals surface area contributed by atoms with Crippen LogP contribution in [-0.4, -0.2) is 45.3 Å². The highest BCUT2D eigenvalue weighted by Crippen LogP contribution is 2.29. The first-order chi connectivity index (χ1) is 15.0. The zero-order valence-electron chi connectivity index (χ0n) is 18.4. The molecule has 2 aromatic heterocycles. The predicted octanol–water partition coefficient (Wildman–Crippen LogP) is 3.87. The number of benzene rings is 1. The van der Waals surface area contributed by atoms with Crippen molar-refractivity contribution in [2.24, 2.45) is 7.05 Å². The number of nitrogens with zero attached hydrogens (tertiary/aromatic N) is 3. The summed E-state index contributed by atoms with van der Waals surface area (Å²) in [5.74, 6) is -0.0248. The van der Waals surface area contributed by atoms with Crippen LogP contribution >= 0.6 is 0 Å². The minimum Gasteiger partial charge on any atom is -0.461 e. The molecule has 0 unspecified atom stereocenters. The van der Waals surface area contributed by atoms with Crippen LogP contribution in [0.3, 0.4) is 0 Å². The van der Waals surface area contributed by atoms with E-state index in [4.69, 9.17) is 14.5 Å². The van der Waals surface area contributed by atoms with Gasteiger partial charge in [0.15, 0.2) is 0 Å².